The van der Waals surface area contributed by atoms with E-state index in [4.69, 9.17) is 9.47 Å². The average Bonchev–Trinajstić information content (AvgIpc) is 2.28. The van der Waals surface area contributed by atoms with Crippen molar-refractivity contribution >= 4 is 5.78 Å². The minimum atomic E-state index is -3.31. The molecule has 0 radical (unpaired) electrons. The van der Waals surface area contributed by atoms with Crippen LogP contribution in [0.3, 0.4) is 0 Å². The van der Waals surface area contributed by atoms with Gasteiger partial charge in [-0.15, -0.1) is 0 Å². The number of carbonyl (C=O) groups excluding carboxylic acids is 1. The SMILES string of the molecule is CC(=O)C(F)(F)CC1COC(C)(C)O1. The molecular weight excluding hydrogens is 194 g/mol. The summed E-state index contributed by atoms with van der Waals surface area (Å²) in [5.74, 6) is -5.27. The van der Waals surface area contributed by atoms with Gasteiger partial charge in [-0.05, 0) is 13.8 Å². The zero-order chi connectivity index (χ0) is 11.0. The Balaban J connectivity index is 2.51. The molecule has 0 aromatic carbocycles. The van der Waals surface area contributed by atoms with Crippen molar-refractivity contribution in [3.8, 4) is 0 Å². The van der Waals surface area contributed by atoms with Gasteiger partial charge in [0.2, 0.25) is 0 Å². The molecule has 1 atom stereocenters. The summed E-state index contributed by atoms with van der Waals surface area (Å²) in [5, 5.41) is 0. The average molecular weight is 208 g/mol. The van der Waals surface area contributed by atoms with Crippen molar-refractivity contribution in [3.05, 3.63) is 0 Å². The van der Waals surface area contributed by atoms with Crippen LogP contribution in [0.5, 0.6) is 0 Å². The summed E-state index contributed by atoms with van der Waals surface area (Å²) < 4.78 is 36.2. The molecule has 0 amide bonds. The number of ether oxygens (including phenoxy) is 2. The van der Waals surface area contributed by atoms with Gasteiger partial charge in [0, 0.05) is 13.3 Å². The van der Waals surface area contributed by atoms with E-state index in [-0.39, 0.29) is 6.61 Å². The molecule has 0 aromatic heterocycles. The number of halogens is 2. The minimum absolute atomic E-state index is 0.107. The van der Waals surface area contributed by atoms with Crippen LogP contribution in [0.15, 0.2) is 0 Å². The molecule has 5 heteroatoms. The van der Waals surface area contributed by atoms with Crippen LogP contribution in [0.4, 0.5) is 8.78 Å². The monoisotopic (exact) mass is 208 g/mol. The van der Waals surface area contributed by atoms with Gasteiger partial charge in [0.25, 0.3) is 0 Å². The topological polar surface area (TPSA) is 35.5 Å². The van der Waals surface area contributed by atoms with Gasteiger partial charge in [-0.3, -0.25) is 4.79 Å². The van der Waals surface area contributed by atoms with Gasteiger partial charge in [-0.25, -0.2) is 0 Å². The van der Waals surface area contributed by atoms with E-state index in [0.717, 1.165) is 6.92 Å². The van der Waals surface area contributed by atoms with Crippen LogP contribution in [0.1, 0.15) is 27.2 Å². The van der Waals surface area contributed by atoms with Crippen molar-refractivity contribution < 1.29 is 23.0 Å². The second kappa shape index (κ2) is 3.55. The van der Waals surface area contributed by atoms with Crippen LogP contribution in [0.2, 0.25) is 0 Å². The van der Waals surface area contributed by atoms with Gasteiger partial charge in [-0.2, -0.15) is 8.78 Å². The first kappa shape index (κ1) is 11.5. The van der Waals surface area contributed by atoms with E-state index in [1.54, 1.807) is 13.8 Å². The lowest BCUT2D eigenvalue weighted by molar-refractivity contribution is -0.158. The van der Waals surface area contributed by atoms with E-state index in [0.29, 0.717) is 0 Å². The molecule has 1 unspecified atom stereocenters. The molecule has 0 aliphatic carbocycles. The summed E-state index contributed by atoms with van der Waals surface area (Å²) in [7, 11) is 0. The second-order valence-corrected chi connectivity index (χ2v) is 3.92. The standard InChI is InChI=1S/C9H14F2O3/c1-6(12)9(10,11)4-7-5-13-8(2,3)14-7/h7H,4-5H2,1-3H3. The second-order valence-electron chi connectivity index (χ2n) is 3.92. The molecule has 0 spiro atoms. The first-order chi connectivity index (χ1) is 6.23. The Morgan fingerprint density at radius 2 is 2.14 bits per heavy atom. The van der Waals surface area contributed by atoms with Gasteiger partial charge in [0.15, 0.2) is 11.6 Å². The maximum atomic E-state index is 13.0. The third kappa shape index (κ3) is 2.72. The van der Waals surface area contributed by atoms with E-state index in [9.17, 15) is 13.6 Å². The zero-order valence-corrected chi connectivity index (χ0v) is 8.47. The normalized spacial score (nSPS) is 26.5. The number of hydrogen-bond acceptors (Lipinski definition) is 3. The number of Topliss-reactive ketones (excluding diaryl/α,β-unsaturated/α-hetero) is 1. The number of carbonyl (C=O) groups is 1. The smallest absolute Gasteiger partial charge is 0.307 e. The molecule has 1 rings (SSSR count). The van der Waals surface area contributed by atoms with E-state index < -0.39 is 30.0 Å². The van der Waals surface area contributed by atoms with Gasteiger partial charge < -0.3 is 9.47 Å². The fourth-order valence-electron chi connectivity index (χ4n) is 1.29. The summed E-state index contributed by atoms with van der Waals surface area (Å²) in [5.41, 5.74) is 0. The van der Waals surface area contributed by atoms with Crippen LogP contribution >= 0.6 is 0 Å². The van der Waals surface area contributed by atoms with Gasteiger partial charge in [0.1, 0.15) is 0 Å². The van der Waals surface area contributed by atoms with Crippen molar-refractivity contribution in [3.63, 3.8) is 0 Å². The molecule has 0 saturated carbocycles. The molecule has 0 aromatic rings. The Labute approximate surface area is 81.4 Å². The zero-order valence-electron chi connectivity index (χ0n) is 8.47. The molecule has 1 saturated heterocycles. The quantitative estimate of drug-likeness (QED) is 0.708. The maximum absolute atomic E-state index is 13.0. The third-order valence-corrected chi connectivity index (χ3v) is 2.07. The summed E-state index contributed by atoms with van der Waals surface area (Å²) in [4.78, 5) is 10.6. The summed E-state index contributed by atoms with van der Waals surface area (Å²) in [6, 6.07) is 0. The molecule has 0 N–H and O–H groups in total. The fourth-order valence-corrected chi connectivity index (χ4v) is 1.29. The number of rotatable bonds is 3. The van der Waals surface area contributed by atoms with Gasteiger partial charge in [-0.1, -0.05) is 0 Å². The predicted molar refractivity (Wildman–Crippen MR) is 45.1 cm³/mol. The van der Waals surface area contributed by atoms with E-state index in [1.807, 2.05) is 0 Å². The molecule has 1 aliphatic rings. The number of alkyl halides is 2. The fraction of sp³-hybridized carbons (Fsp3) is 0.889. The molecule has 1 aliphatic heterocycles. The Bertz CT molecular complexity index is 238. The highest BCUT2D eigenvalue weighted by Gasteiger charge is 2.43. The lowest BCUT2D eigenvalue weighted by Crippen LogP contribution is -2.33. The first-order valence-corrected chi connectivity index (χ1v) is 4.43. The maximum Gasteiger partial charge on any atom is 0.307 e. The van der Waals surface area contributed by atoms with Crippen molar-refractivity contribution in [2.24, 2.45) is 0 Å². The molecule has 1 fully saturated rings. The lowest BCUT2D eigenvalue weighted by Gasteiger charge is -2.19. The highest BCUT2D eigenvalue weighted by molar-refractivity contribution is 5.83. The Kier molecular flexibility index (Phi) is 2.92. The Morgan fingerprint density at radius 1 is 1.57 bits per heavy atom. The number of ketones is 1. The predicted octanol–water partition coefficient (Wildman–Crippen LogP) is 1.75. The van der Waals surface area contributed by atoms with Crippen LogP contribution in [0, 0.1) is 0 Å². The van der Waals surface area contributed by atoms with E-state index in [1.165, 1.54) is 0 Å². The number of hydrogen-bond donors (Lipinski definition) is 0. The van der Waals surface area contributed by atoms with Gasteiger partial charge in [0.05, 0.1) is 12.7 Å². The van der Waals surface area contributed by atoms with Gasteiger partial charge >= 0.3 is 5.92 Å². The summed E-state index contributed by atoms with van der Waals surface area (Å²) in [6.07, 6.45) is -1.31. The summed E-state index contributed by atoms with van der Waals surface area (Å²) in [6.45, 7) is 4.29. The largest absolute Gasteiger partial charge is 0.348 e. The lowest BCUT2D eigenvalue weighted by atomic mass is 10.1. The molecule has 3 nitrogen and oxygen atoms in total. The van der Waals surface area contributed by atoms with Crippen LogP contribution < -0.4 is 0 Å². The third-order valence-electron chi connectivity index (χ3n) is 2.07. The van der Waals surface area contributed by atoms with Crippen molar-refractivity contribution in [2.75, 3.05) is 6.61 Å². The molecule has 0 bridgehead atoms. The van der Waals surface area contributed by atoms with Crippen LogP contribution in [-0.4, -0.2) is 30.2 Å². The Morgan fingerprint density at radius 3 is 2.50 bits per heavy atom. The van der Waals surface area contributed by atoms with Crippen LogP contribution in [0.25, 0.3) is 0 Å². The molecule has 14 heavy (non-hydrogen) atoms. The first-order valence-electron chi connectivity index (χ1n) is 4.43. The van der Waals surface area contributed by atoms with Crippen LogP contribution in [-0.2, 0) is 14.3 Å². The van der Waals surface area contributed by atoms with E-state index >= 15 is 0 Å². The van der Waals surface area contributed by atoms with E-state index in [2.05, 4.69) is 0 Å². The molecule has 82 valence electrons. The van der Waals surface area contributed by atoms with Crippen molar-refractivity contribution in [2.45, 2.75) is 45.0 Å². The summed E-state index contributed by atoms with van der Waals surface area (Å²) >= 11 is 0. The molecule has 1 heterocycles. The minimum Gasteiger partial charge on any atom is -0.348 e. The highest BCUT2D eigenvalue weighted by atomic mass is 19.3. The van der Waals surface area contributed by atoms with Crippen molar-refractivity contribution in [1.82, 2.24) is 0 Å². The van der Waals surface area contributed by atoms with Crippen molar-refractivity contribution in [1.29, 1.82) is 0 Å². The highest BCUT2D eigenvalue weighted by Crippen LogP contribution is 2.30. The Hall–Kier alpha value is -0.550. The molecular formula is C9H14F2O3.